The van der Waals surface area contributed by atoms with Gasteiger partial charge in [0.2, 0.25) is 0 Å². The van der Waals surface area contributed by atoms with E-state index in [-0.39, 0.29) is 43.3 Å². The summed E-state index contributed by atoms with van der Waals surface area (Å²) in [7, 11) is 1.64. The molecule has 2 aromatic carbocycles. The molecule has 7 nitrogen and oxygen atoms in total. The van der Waals surface area contributed by atoms with Crippen LogP contribution in [0, 0.1) is 0 Å². The van der Waals surface area contributed by atoms with Gasteiger partial charge in [-0.25, -0.2) is 8.78 Å². The van der Waals surface area contributed by atoms with Crippen LogP contribution in [0.4, 0.5) is 27.6 Å². The number of piperidine rings is 1. The maximum atomic E-state index is 15.8. The molecule has 212 valence electrons. The van der Waals surface area contributed by atoms with Crippen molar-refractivity contribution < 1.29 is 31.5 Å². The number of benzene rings is 2. The van der Waals surface area contributed by atoms with Crippen LogP contribution < -0.4 is 4.90 Å². The Balaban J connectivity index is 1.32. The van der Waals surface area contributed by atoms with Crippen LogP contribution in [0.2, 0.25) is 0 Å². The van der Waals surface area contributed by atoms with Gasteiger partial charge in [0.05, 0.1) is 30.7 Å². The lowest BCUT2D eigenvalue weighted by molar-refractivity contribution is -0.138. The zero-order valence-corrected chi connectivity index (χ0v) is 21.8. The van der Waals surface area contributed by atoms with E-state index in [2.05, 4.69) is 10.2 Å². The minimum atomic E-state index is -4.66. The first-order valence-electron chi connectivity index (χ1n) is 13.1. The number of alkyl halides is 5. The second-order valence-electron chi connectivity index (χ2n) is 10.9. The Morgan fingerprint density at radius 1 is 1.15 bits per heavy atom. The molecule has 2 fully saturated rings. The van der Waals surface area contributed by atoms with Crippen LogP contribution in [0.1, 0.15) is 57.4 Å². The van der Waals surface area contributed by atoms with E-state index in [4.69, 9.17) is 4.74 Å². The van der Waals surface area contributed by atoms with Gasteiger partial charge in [0.1, 0.15) is 12.5 Å². The molecule has 0 bridgehead atoms. The molecule has 40 heavy (non-hydrogen) atoms. The molecule has 3 aromatic rings. The Morgan fingerprint density at radius 2 is 1.90 bits per heavy atom. The largest absolute Gasteiger partial charge is 0.416 e. The molecule has 1 amide bonds. The third-order valence-electron chi connectivity index (χ3n) is 8.24. The van der Waals surface area contributed by atoms with Crippen molar-refractivity contribution in [2.24, 2.45) is 7.05 Å². The molecule has 4 heterocycles. The Bertz CT molecular complexity index is 1430. The van der Waals surface area contributed by atoms with E-state index >= 15 is 4.39 Å². The van der Waals surface area contributed by atoms with Gasteiger partial charge in [-0.15, -0.1) is 10.2 Å². The van der Waals surface area contributed by atoms with Gasteiger partial charge in [-0.05, 0) is 53.8 Å². The van der Waals surface area contributed by atoms with E-state index in [9.17, 15) is 22.4 Å². The van der Waals surface area contributed by atoms with Crippen LogP contribution in [-0.2, 0) is 36.5 Å². The first kappa shape index (κ1) is 26.8. The molecule has 3 aliphatic rings. The number of halogens is 5. The summed E-state index contributed by atoms with van der Waals surface area (Å²) in [5.74, 6) is -0.414. The molecule has 3 aliphatic heterocycles. The van der Waals surface area contributed by atoms with Crippen LogP contribution in [0.3, 0.4) is 0 Å². The standard InChI is InChI=1S/C28H28F5N5O2/c1-36-16-34-35-25(36)24(30)27(14-40-15-27)18-3-2-4-20(11-18)38-13-22-21(26(38)39)9-17(10-23(22)28(31,32)33)12-37-7-5-19(29)6-8-37/h2-4,9-11,16,19,24H,5-8,12-15H2,1H3/t24-/m1/s1. The summed E-state index contributed by atoms with van der Waals surface area (Å²) < 4.78 is 78.8. The van der Waals surface area contributed by atoms with E-state index in [1.807, 2.05) is 4.90 Å². The molecule has 6 rings (SSSR count). The number of aromatic nitrogens is 3. The zero-order valence-electron chi connectivity index (χ0n) is 21.8. The maximum absolute atomic E-state index is 15.8. The molecular formula is C28H28F5N5O2. The van der Waals surface area contributed by atoms with Gasteiger partial charge in [0.15, 0.2) is 12.0 Å². The van der Waals surface area contributed by atoms with Gasteiger partial charge in [0.25, 0.3) is 5.91 Å². The predicted molar refractivity (Wildman–Crippen MR) is 135 cm³/mol. The maximum Gasteiger partial charge on any atom is 0.416 e. The highest BCUT2D eigenvalue weighted by atomic mass is 19.4. The normalized spacial score (nSPS) is 20.4. The number of carbonyl (C=O) groups is 1. The fourth-order valence-corrected chi connectivity index (χ4v) is 5.87. The summed E-state index contributed by atoms with van der Waals surface area (Å²) in [5.41, 5.74) is -0.704. The third-order valence-corrected chi connectivity index (χ3v) is 8.24. The molecule has 0 N–H and O–H groups in total. The van der Waals surface area contributed by atoms with Crippen molar-refractivity contribution in [1.29, 1.82) is 0 Å². The lowest BCUT2D eigenvalue weighted by atomic mass is 9.74. The Labute approximate surface area is 227 Å². The number of fused-ring (bicyclic) bond motifs is 1. The summed E-state index contributed by atoms with van der Waals surface area (Å²) in [6, 6.07) is 9.28. The topological polar surface area (TPSA) is 63.5 Å². The molecular weight excluding hydrogens is 533 g/mol. The number of nitrogens with zero attached hydrogens (tertiary/aromatic N) is 5. The van der Waals surface area contributed by atoms with Crippen molar-refractivity contribution >= 4 is 11.6 Å². The summed E-state index contributed by atoms with van der Waals surface area (Å²) in [5, 5.41) is 7.67. The highest BCUT2D eigenvalue weighted by Gasteiger charge is 2.51. The van der Waals surface area contributed by atoms with E-state index in [0.717, 1.165) is 6.07 Å². The van der Waals surface area contributed by atoms with Crippen LogP contribution in [0.15, 0.2) is 42.7 Å². The van der Waals surface area contributed by atoms with Crippen LogP contribution in [0.25, 0.3) is 0 Å². The van der Waals surface area contributed by atoms with Crippen molar-refractivity contribution in [2.45, 2.75) is 49.9 Å². The average molecular weight is 562 g/mol. The smallest absolute Gasteiger partial charge is 0.379 e. The number of rotatable bonds is 6. The average Bonchev–Trinajstić information content (AvgIpc) is 3.47. The van der Waals surface area contributed by atoms with Crippen molar-refractivity contribution in [3.63, 3.8) is 0 Å². The molecule has 0 saturated carbocycles. The number of amides is 1. The number of ether oxygens (including phenoxy) is 1. The first-order chi connectivity index (χ1) is 19.1. The van der Waals surface area contributed by atoms with Crippen molar-refractivity contribution in [3.8, 4) is 0 Å². The van der Waals surface area contributed by atoms with Gasteiger partial charge in [-0.3, -0.25) is 9.69 Å². The SMILES string of the molecule is Cn1cnnc1[C@@H](F)C1(c2cccc(N3Cc4c(cc(CN5CCC(F)CC5)cc4C(F)(F)F)C3=O)c2)COC1. The van der Waals surface area contributed by atoms with Crippen molar-refractivity contribution in [1.82, 2.24) is 19.7 Å². The van der Waals surface area contributed by atoms with Crippen LogP contribution >= 0.6 is 0 Å². The summed E-state index contributed by atoms with van der Waals surface area (Å²) in [6.45, 7) is 1.00. The molecule has 0 unspecified atom stereocenters. The van der Waals surface area contributed by atoms with Gasteiger partial charge in [0, 0.05) is 37.9 Å². The molecule has 0 spiro atoms. The molecule has 0 aliphatic carbocycles. The number of aryl methyl sites for hydroxylation is 1. The number of hydrogen-bond donors (Lipinski definition) is 0. The zero-order chi connectivity index (χ0) is 28.2. The van der Waals surface area contributed by atoms with Gasteiger partial charge in [-0.1, -0.05) is 12.1 Å². The van der Waals surface area contributed by atoms with Gasteiger partial charge < -0.3 is 14.2 Å². The molecule has 2 saturated heterocycles. The van der Waals surface area contributed by atoms with Crippen molar-refractivity contribution in [3.05, 3.63) is 76.4 Å². The van der Waals surface area contributed by atoms with E-state index in [1.54, 1.807) is 31.3 Å². The number of hydrogen-bond acceptors (Lipinski definition) is 5. The monoisotopic (exact) mass is 561 g/mol. The van der Waals surface area contributed by atoms with Gasteiger partial charge in [-0.2, -0.15) is 13.2 Å². The number of anilines is 1. The summed E-state index contributed by atoms with van der Waals surface area (Å²) >= 11 is 0. The predicted octanol–water partition coefficient (Wildman–Crippen LogP) is 4.91. The minimum Gasteiger partial charge on any atom is -0.379 e. The number of carbonyl (C=O) groups excluding carboxylic acids is 1. The van der Waals surface area contributed by atoms with E-state index < -0.39 is 35.4 Å². The minimum absolute atomic E-state index is 0.000232. The lowest BCUT2D eigenvalue weighted by Gasteiger charge is -2.43. The van der Waals surface area contributed by atoms with Gasteiger partial charge >= 0.3 is 6.18 Å². The van der Waals surface area contributed by atoms with Crippen LogP contribution in [-0.4, -0.2) is 58.0 Å². The molecule has 1 aromatic heterocycles. The highest BCUT2D eigenvalue weighted by Crippen LogP contribution is 2.47. The quantitative estimate of drug-likeness (QED) is 0.401. The highest BCUT2D eigenvalue weighted by molar-refractivity contribution is 6.10. The molecule has 0 radical (unpaired) electrons. The second-order valence-corrected chi connectivity index (χ2v) is 10.9. The lowest BCUT2D eigenvalue weighted by Crippen LogP contribution is -2.50. The third kappa shape index (κ3) is 4.56. The van der Waals surface area contributed by atoms with Crippen molar-refractivity contribution in [2.75, 3.05) is 31.2 Å². The Kier molecular flexibility index (Phi) is 6.65. The van der Waals surface area contributed by atoms with Crippen LogP contribution in [0.5, 0.6) is 0 Å². The molecule has 12 heteroatoms. The van der Waals surface area contributed by atoms with E-state index in [1.165, 1.54) is 21.9 Å². The Morgan fingerprint density at radius 3 is 2.52 bits per heavy atom. The van der Waals surface area contributed by atoms with E-state index in [0.29, 0.717) is 42.7 Å². The Hall–Kier alpha value is -3.38. The summed E-state index contributed by atoms with van der Waals surface area (Å²) in [6.07, 6.45) is -5.02. The fourth-order valence-electron chi connectivity index (χ4n) is 5.87. The number of likely N-dealkylation sites (tertiary alicyclic amines) is 1. The first-order valence-corrected chi connectivity index (χ1v) is 13.1. The fraction of sp³-hybridized carbons (Fsp3) is 0.464. The molecule has 1 atom stereocenters. The summed E-state index contributed by atoms with van der Waals surface area (Å²) in [4.78, 5) is 16.8. The second kappa shape index (κ2) is 9.91.